The Morgan fingerprint density at radius 3 is 2.54 bits per heavy atom. The normalized spacial score (nSPS) is 30.0. The molecular weight excluding hydrogens is 426 g/mol. The predicted octanol–water partition coefficient (Wildman–Crippen LogP) is 1.23. The van der Waals surface area contributed by atoms with Crippen molar-refractivity contribution in [1.29, 1.82) is 0 Å². The van der Waals surface area contributed by atoms with Crippen LogP contribution in [0, 0.1) is 5.92 Å². The van der Waals surface area contributed by atoms with E-state index in [0.29, 0.717) is 18.8 Å². The monoisotopic (exact) mass is 451 g/mol. The number of hydrogen-bond donors (Lipinski definition) is 4. The first kappa shape index (κ1) is 20.8. The smallest absolute Gasteiger partial charge is 0.322 e. The number of carbonyl (C=O) groups excluding carboxylic acids is 3. The van der Waals surface area contributed by atoms with Crippen LogP contribution >= 0.6 is 15.9 Å². The van der Waals surface area contributed by atoms with Gasteiger partial charge in [0.25, 0.3) is 11.8 Å². The molecule has 4 atom stereocenters. The molecule has 9 heteroatoms. The maximum Gasteiger partial charge on any atom is 0.344 e. The van der Waals surface area contributed by atoms with E-state index >= 15 is 0 Å². The molecule has 1 aromatic rings. The lowest BCUT2D eigenvalue weighted by atomic mass is 9.93. The number of benzene rings is 1. The Balaban J connectivity index is 1.62. The molecule has 0 aromatic heterocycles. The van der Waals surface area contributed by atoms with Crippen LogP contribution in [-0.4, -0.2) is 45.3 Å². The zero-order valence-corrected chi connectivity index (χ0v) is 17.7. The average Bonchev–Trinajstić information content (AvgIpc) is 3.14. The van der Waals surface area contributed by atoms with Gasteiger partial charge in [0.15, 0.2) is 0 Å². The first-order valence-corrected chi connectivity index (χ1v) is 10.3. The van der Waals surface area contributed by atoms with E-state index in [9.17, 15) is 14.4 Å². The molecule has 0 spiro atoms. The fourth-order valence-corrected chi connectivity index (χ4v) is 4.59. The highest BCUT2D eigenvalue weighted by Crippen LogP contribution is 2.24. The highest BCUT2D eigenvalue weighted by molar-refractivity contribution is 9.09. The number of hydrazine groups is 2. The molecule has 28 heavy (non-hydrogen) atoms. The third kappa shape index (κ3) is 4.06. The molecule has 2 heterocycles. The third-order valence-electron chi connectivity index (χ3n) is 5.31. The summed E-state index contributed by atoms with van der Waals surface area (Å²) >= 11 is 3.54. The number of imide groups is 1. The number of halogens is 1. The number of alkyl halides is 1. The van der Waals surface area contributed by atoms with Gasteiger partial charge in [-0.15, -0.1) is 0 Å². The van der Waals surface area contributed by atoms with Crippen LogP contribution in [0.15, 0.2) is 30.3 Å². The van der Waals surface area contributed by atoms with Crippen LogP contribution in [0.25, 0.3) is 0 Å². The van der Waals surface area contributed by atoms with Gasteiger partial charge in [0, 0.05) is 6.04 Å². The number of nitrogens with one attached hydrogen (secondary N) is 4. The van der Waals surface area contributed by atoms with Crippen LogP contribution < -0.4 is 21.6 Å². The topological polar surface area (TPSA) is 103 Å². The minimum atomic E-state index is -1.06. The minimum absolute atomic E-state index is 0.0509. The van der Waals surface area contributed by atoms with Crippen LogP contribution in [0.1, 0.15) is 32.8 Å². The van der Waals surface area contributed by atoms with Gasteiger partial charge in [0.2, 0.25) is 0 Å². The first-order chi connectivity index (χ1) is 13.2. The fraction of sp³-hybridized carbons (Fsp3) is 0.526. The molecule has 0 aliphatic carbocycles. The molecule has 0 radical (unpaired) electrons. The van der Waals surface area contributed by atoms with E-state index in [1.54, 1.807) is 6.92 Å². The maximum absolute atomic E-state index is 12.8. The van der Waals surface area contributed by atoms with E-state index in [1.807, 2.05) is 44.2 Å². The Hall–Kier alpha value is -1.97. The van der Waals surface area contributed by atoms with E-state index in [2.05, 4.69) is 37.5 Å². The van der Waals surface area contributed by atoms with E-state index in [0.717, 1.165) is 10.6 Å². The predicted molar refractivity (Wildman–Crippen MR) is 108 cm³/mol. The molecule has 8 nitrogen and oxygen atoms in total. The van der Waals surface area contributed by atoms with Crippen LogP contribution in [0.4, 0.5) is 4.79 Å². The number of urea groups is 1. The van der Waals surface area contributed by atoms with Crippen LogP contribution in [-0.2, 0) is 16.0 Å². The van der Waals surface area contributed by atoms with Crippen molar-refractivity contribution in [2.75, 3.05) is 0 Å². The van der Waals surface area contributed by atoms with E-state index in [-0.39, 0.29) is 10.9 Å². The van der Waals surface area contributed by atoms with E-state index in [1.165, 1.54) is 0 Å². The average molecular weight is 452 g/mol. The molecule has 0 saturated carbocycles. The van der Waals surface area contributed by atoms with Crippen LogP contribution in [0.2, 0.25) is 0 Å². The first-order valence-electron chi connectivity index (χ1n) is 9.39. The van der Waals surface area contributed by atoms with Gasteiger partial charge in [-0.25, -0.2) is 10.2 Å². The van der Waals surface area contributed by atoms with Crippen molar-refractivity contribution < 1.29 is 14.4 Å². The maximum atomic E-state index is 12.8. The van der Waals surface area contributed by atoms with Gasteiger partial charge in [-0.2, -0.15) is 5.01 Å². The largest absolute Gasteiger partial charge is 0.344 e. The number of rotatable bonds is 6. The van der Waals surface area contributed by atoms with Crippen molar-refractivity contribution in [3.8, 4) is 0 Å². The van der Waals surface area contributed by atoms with Crippen molar-refractivity contribution in [3.63, 3.8) is 0 Å². The lowest BCUT2D eigenvalue weighted by molar-refractivity contribution is -0.139. The van der Waals surface area contributed by atoms with Crippen molar-refractivity contribution in [2.24, 2.45) is 5.92 Å². The lowest BCUT2D eigenvalue weighted by Gasteiger charge is -2.23. The molecule has 2 fully saturated rings. The summed E-state index contributed by atoms with van der Waals surface area (Å²) in [5.41, 5.74) is 8.49. The summed E-state index contributed by atoms with van der Waals surface area (Å²) in [7, 11) is 0. The molecule has 3 rings (SSSR count). The van der Waals surface area contributed by atoms with Gasteiger partial charge < -0.3 is 5.32 Å². The van der Waals surface area contributed by atoms with Gasteiger partial charge in [0.05, 0.1) is 4.83 Å². The molecular formula is C19H26BrN5O3. The fourth-order valence-electron chi connectivity index (χ4n) is 3.47. The zero-order valence-electron chi connectivity index (χ0n) is 16.2. The molecule has 0 bridgehead atoms. The van der Waals surface area contributed by atoms with E-state index in [4.69, 9.17) is 0 Å². The molecule has 4 unspecified atom stereocenters. The third-order valence-corrected chi connectivity index (χ3v) is 6.41. The summed E-state index contributed by atoms with van der Waals surface area (Å²) in [4.78, 5) is 37.7. The summed E-state index contributed by atoms with van der Waals surface area (Å²) in [6.45, 7) is 5.77. The van der Waals surface area contributed by atoms with Crippen molar-refractivity contribution >= 4 is 33.8 Å². The number of amides is 4. The van der Waals surface area contributed by atoms with Gasteiger partial charge in [-0.05, 0) is 31.2 Å². The Bertz CT molecular complexity index is 759. The Kier molecular flexibility index (Phi) is 6.07. The Labute approximate surface area is 172 Å². The number of nitrogens with zero attached hydrogens (tertiary/aromatic N) is 1. The SMILES string of the molecule is CC(C)C1NNC(C(=O)NN2C(=O)NC(C)(CCc3ccccc3)C2=O)C1Br. The summed E-state index contributed by atoms with van der Waals surface area (Å²) in [6.07, 6.45) is 1.08. The summed E-state index contributed by atoms with van der Waals surface area (Å²) in [6, 6.07) is 8.57. The zero-order chi connectivity index (χ0) is 20.5. The number of hydrogen-bond acceptors (Lipinski definition) is 5. The van der Waals surface area contributed by atoms with E-state index < -0.39 is 29.4 Å². The minimum Gasteiger partial charge on any atom is -0.322 e. The van der Waals surface area contributed by atoms with Crippen molar-refractivity contribution in [3.05, 3.63) is 35.9 Å². The highest BCUT2D eigenvalue weighted by Gasteiger charge is 2.49. The van der Waals surface area contributed by atoms with Crippen molar-refractivity contribution in [2.45, 2.75) is 56.1 Å². The molecule has 4 N–H and O–H groups in total. The number of aryl methyl sites for hydroxylation is 1. The summed E-state index contributed by atoms with van der Waals surface area (Å²) < 4.78 is 0. The van der Waals surface area contributed by atoms with Crippen molar-refractivity contribution in [1.82, 2.24) is 26.6 Å². The summed E-state index contributed by atoms with van der Waals surface area (Å²) in [5, 5.41) is 3.50. The molecule has 2 saturated heterocycles. The second kappa shape index (κ2) is 8.18. The standard InChI is InChI=1S/C19H26BrN5O3/c1-11(2)14-13(20)15(23-22-14)16(26)24-25-17(27)19(3,21-18(25)28)10-9-12-7-5-4-6-8-12/h4-8,11,13-15,22-23H,9-10H2,1-3H3,(H,21,28)(H,24,26). The Morgan fingerprint density at radius 2 is 1.93 bits per heavy atom. The van der Waals surface area contributed by atoms with Crippen LogP contribution in [0.5, 0.6) is 0 Å². The Morgan fingerprint density at radius 1 is 1.25 bits per heavy atom. The molecule has 152 valence electrons. The molecule has 4 amide bonds. The lowest BCUT2D eigenvalue weighted by Crippen LogP contribution is -2.55. The highest BCUT2D eigenvalue weighted by atomic mass is 79.9. The molecule has 1 aromatic carbocycles. The van der Waals surface area contributed by atoms with Gasteiger partial charge in [-0.1, -0.05) is 60.1 Å². The molecule has 2 aliphatic rings. The summed E-state index contributed by atoms with van der Waals surface area (Å²) in [5.74, 6) is -0.611. The molecule has 2 aliphatic heterocycles. The van der Waals surface area contributed by atoms with Gasteiger partial charge in [0.1, 0.15) is 11.6 Å². The van der Waals surface area contributed by atoms with Gasteiger partial charge >= 0.3 is 6.03 Å². The van der Waals surface area contributed by atoms with Gasteiger partial charge in [-0.3, -0.25) is 20.4 Å². The van der Waals surface area contributed by atoms with Crippen LogP contribution in [0.3, 0.4) is 0 Å². The number of carbonyl (C=O) groups is 3. The second-order valence-corrected chi connectivity index (χ2v) is 8.90. The second-order valence-electron chi connectivity index (χ2n) is 7.85. The quantitative estimate of drug-likeness (QED) is 0.384.